The molecule has 0 aliphatic heterocycles. The van der Waals surface area contributed by atoms with Gasteiger partial charge >= 0.3 is 0 Å². The van der Waals surface area contributed by atoms with Crippen molar-refractivity contribution in [3.05, 3.63) is 35.9 Å². The van der Waals surface area contributed by atoms with Crippen LogP contribution in [0.3, 0.4) is 0 Å². The minimum Gasteiger partial charge on any atom is -0.374 e. The van der Waals surface area contributed by atoms with Gasteiger partial charge in [0.1, 0.15) is 0 Å². The van der Waals surface area contributed by atoms with Crippen molar-refractivity contribution in [2.75, 3.05) is 13.7 Å². The maximum Gasteiger partial charge on any atom is 0.0803 e. The van der Waals surface area contributed by atoms with E-state index >= 15 is 0 Å². The Morgan fingerprint density at radius 3 is 2.42 bits per heavy atom. The number of ether oxygens (including phenoxy) is 1. The van der Waals surface area contributed by atoms with E-state index in [-0.39, 0.29) is 5.60 Å². The fourth-order valence-electron chi connectivity index (χ4n) is 2.69. The smallest absolute Gasteiger partial charge is 0.0803 e. The summed E-state index contributed by atoms with van der Waals surface area (Å²) in [5, 5.41) is 3.44. The van der Waals surface area contributed by atoms with Crippen molar-refractivity contribution in [1.82, 2.24) is 5.32 Å². The number of likely N-dealkylation sites (N-methyl/N-ethyl adjacent to an activating group) is 1. The molecule has 0 aliphatic rings. The average Bonchev–Trinajstić information content (AvgIpc) is 2.45. The molecule has 1 rings (SSSR count). The second-order valence-electron chi connectivity index (χ2n) is 5.32. The van der Waals surface area contributed by atoms with Crippen LogP contribution < -0.4 is 5.32 Å². The second-order valence-corrected chi connectivity index (χ2v) is 5.32. The SMILES string of the molecule is CCOC(C)(CC)C(CCCc1ccccc1)NC. The van der Waals surface area contributed by atoms with Crippen molar-refractivity contribution in [2.45, 2.75) is 58.1 Å². The van der Waals surface area contributed by atoms with Crippen LogP contribution in [-0.4, -0.2) is 25.3 Å². The van der Waals surface area contributed by atoms with Crippen LogP contribution in [0.15, 0.2) is 30.3 Å². The lowest BCUT2D eigenvalue weighted by Crippen LogP contribution is -2.49. The van der Waals surface area contributed by atoms with Crippen LogP contribution in [0.4, 0.5) is 0 Å². The first-order chi connectivity index (χ1) is 9.16. The molecule has 0 saturated heterocycles. The summed E-state index contributed by atoms with van der Waals surface area (Å²) in [5.41, 5.74) is 1.37. The van der Waals surface area contributed by atoms with Gasteiger partial charge in [0.15, 0.2) is 0 Å². The normalized spacial score (nSPS) is 16.0. The van der Waals surface area contributed by atoms with Gasteiger partial charge in [-0.25, -0.2) is 0 Å². The molecule has 2 nitrogen and oxygen atoms in total. The zero-order valence-electron chi connectivity index (χ0n) is 12.9. The molecule has 0 heterocycles. The number of rotatable bonds is 9. The lowest BCUT2D eigenvalue weighted by Gasteiger charge is -2.37. The van der Waals surface area contributed by atoms with E-state index < -0.39 is 0 Å². The van der Waals surface area contributed by atoms with Gasteiger partial charge in [0.05, 0.1) is 5.60 Å². The second kappa shape index (κ2) is 8.34. The topological polar surface area (TPSA) is 21.3 Å². The maximum absolute atomic E-state index is 5.97. The Hall–Kier alpha value is -0.860. The summed E-state index contributed by atoms with van der Waals surface area (Å²) < 4.78 is 5.97. The van der Waals surface area contributed by atoms with Crippen molar-refractivity contribution in [3.8, 4) is 0 Å². The number of hydrogen-bond donors (Lipinski definition) is 1. The number of nitrogens with one attached hydrogen (secondary N) is 1. The largest absolute Gasteiger partial charge is 0.374 e. The van der Waals surface area contributed by atoms with Gasteiger partial charge in [-0.1, -0.05) is 37.3 Å². The van der Waals surface area contributed by atoms with Gasteiger partial charge in [-0.3, -0.25) is 0 Å². The molecule has 1 aromatic carbocycles. The van der Waals surface area contributed by atoms with Crippen molar-refractivity contribution in [2.24, 2.45) is 0 Å². The van der Waals surface area contributed by atoms with Crippen LogP contribution in [-0.2, 0) is 11.2 Å². The minimum absolute atomic E-state index is 0.0554. The molecule has 2 unspecified atom stereocenters. The number of aryl methyl sites for hydroxylation is 1. The molecule has 19 heavy (non-hydrogen) atoms. The predicted molar refractivity (Wildman–Crippen MR) is 82.5 cm³/mol. The average molecular weight is 263 g/mol. The van der Waals surface area contributed by atoms with E-state index in [0.29, 0.717) is 6.04 Å². The highest BCUT2D eigenvalue weighted by atomic mass is 16.5. The molecule has 0 aromatic heterocycles. The first-order valence-electron chi connectivity index (χ1n) is 7.51. The molecule has 1 N–H and O–H groups in total. The van der Waals surface area contributed by atoms with Crippen LogP contribution in [0, 0.1) is 0 Å². The van der Waals surface area contributed by atoms with Crippen LogP contribution >= 0.6 is 0 Å². The van der Waals surface area contributed by atoms with Gasteiger partial charge in [0.25, 0.3) is 0 Å². The molecule has 0 fully saturated rings. The van der Waals surface area contributed by atoms with E-state index in [2.05, 4.69) is 56.4 Å². The van der Waals surface area contributed by atoms with Crippen molar-refractivity contribution in [1.29, 1.82) is 0 Å². The van der Waals surface area contributed by atoms with Gasteiger partial charge in [0, 0.05) is 12.6 Å². The molecule has 0 saturated carbocycles. The van der Waals surface area contributed by atoms with Gasteiger partial charge in [-0.15, -0.1) is 0 Å². The summed E-state index contributed by atoms with van der Waals surface area (Å²) in [5.74, 6) is 0. The molecule has 108 valence electrons. The monoisotopic (exact) mass is 263 g/mol. The lowest BCUT2D eigenvalue weighted by molar-refractivity contribution is -0.0556. The van der Waals surface area contributed by atoms with Crippen LogP contribution in [0.2, 0.25) is 0 Å². The third-order valence-electron chi connectivity index (χ3n) is 4.06. The molecule has 2 atom stereocenters. The van der Waals surface area contributed by atoms with Crippen molar-refractivity contribution >= 4 is 0 Å². The Bertz CT molecular complexity index is 338. The van der Waals surface area contributed by atoms with E-state index in [1.807, 2.05) is 7.05 Å². The van der Waals surface area contributed by atoms with E-state index in [1.54, 1.807) is 0 Å². The first kappa shape index (κ1) is 16.2. The highest BCUT2D eigenvalue weighted by molar-refractivity contribution is 5.14. The predicted octanol–water partition coefficient (Wildman–Crippen LogP) is 3.80. The van der Waals surface area contributed by atoms with Gasteiger partial charge < -0.3 is 10.1 Å². The number of benzene rings is 1. The van der Waals surface area contributed by atoms with Gasteiger partial charge in [-0.05, 0) is 52.1 Å². The fraction of sp³-hybridized carbons (Fsp3) is 0.647. The quantitative estimate of drug-likeness (QED) is 0.731. The maximum atomic E-state index is 5.97. The summed E-state index contributed by atoms with van der Waals surface area (Å²) in [6.07, 6.45) is 4.52. The van der Waals surface area contributed by atoms with E-state index in [0.717, 1.165) is 25.9 Å². The Morgan fingerprint density at radius 1 is 1.21 bits per heavy atom. The molecule has 0 bridgehead atoms. The summed E-state index contributed by atoms with van der Waals surface area (Å²) >= 11 is 0. The van der Waals surface area contributed by atoms with Gasteiger partial charge in [-0.2, -0.15) is 0 Å². The summed E-state index contributed by atoms with van der Waals surface area (Å²) in [6.45, 7) is 7.28. The standard InChI is InChI=1S/C17H29NO/c1-5-17(3,19-6-2)16(18-4)14-10-13-15-11-8-7-9-12-15/h7-9,11-12,16,18H,5-6,10,13-14H2,1-4H3. The number of hydrogen-bond acceptors (Lipinski definition) is 2. The summed E-state index contributed by atoms with van der Waals surface area (Å²) in [7, 11) is 2.04. The third-order valence-corrected chi connectivity index (χ3v) is 4.06. The van der Waals surface area contributed by atoms with Crippen molar-refractivity contribution in [3.63, 3.8) is 0 Å². The Kier molecular flexibility index (Phi) is 7.11. The molecule has 0 radical (unpaired) electrons. The summed E-state index contributed by atoms with van der Waals surface area (Å²) in [6, 6.07) is 11.1. The molecular weight excluding hydrogens is 234 g/mol. The fourth-order valence-corrected chi connectivity index (χ4v) is 2.69. The molecule has 0 amide bonds. The van der Waals surface area contributed by atoms with Crippen LogP contribution in [0.25, 0.3) is 0 Å². The highest BCUT2D eigenvalue weighted by Gasteiger charge is 2.31. The molecular formula is C17H29NO. The van der Waals surface area contributed by atoms with Crippen LogP contribution in [0.5, 0.6) is 0 Å². The lowest BCUT2D eigenvalue weighted by atomic mass is 9.88. The molecule has 2 heteroatoms. The Labute approximate surface area is 118 Å². The molecule has 0 spiro atoms. The minimum atomic E-state index is -0.0554. The highest BCUT2D eigenvalue weighted by Crippen LogP contribution is 2.24. The van der Waals surface area contributed by atoms with Crippen LogP contribution in [0.1, 0.15) is 45.6 Å². The van der Waals surface area contributed by atoms with E-state index in [9.17, 15) is 0 Å². The zero-order valence-corrected chi connectivity index (χ0v) is 12.9. The first-order valence-corrected chi connectivity index (χ1v) is 7.51. The van der Waals surface area contributed by atoms with E-state index in [1.165, 1.54) is 12.0 Å². The van der Waals surface area contributed by atoms with Crippen molar-refractivity contribution < 1.29 is 4.74 Å². The molecule has 1 aromatic rings. The van der Waals surface area contributed by atoms with Gasteiger partial charge in [0.2, 0.25) is 0 Å². The van der Waals surface area contributed by atoms with E-state index in [4.69, 9.17) is 4.74 Å². The third kappa shape index (κ3) is 4.96. The Morgan fingerprint density at radius 2 is 1.89 bits per heavy atom. The zero-order chi connectivity index (χ0) is 14.1. The summed E-state index contributed by atoms with van der Waals surface area (Å²) in [4.78, 5) is 0. The molecule has 0 aliphatic carbocycles. The Balaban J connectivity index is 2.48.